The predicted octanol–water partition coefficient (Wildman–Crippen LogP) is 3.69. The number of benzene rings is 1. The molecule has 1 heterocycles. The predicted molar refractivity (Wildman–Crippen MR) is 79.9 cm³/mol. The Morgan fingerprint density at radius 1 is 1.39 bits per heavy atom. The van der Waals surface area contributed by atoms with Crippen molar-refractivity contribution in [1.82, 2.24) is 0 Å². The number of anilines is 1. The molecule has 18 heavy (non-hydrogen) atoms. The first-order chi connectivity index (χ1) is 8.58. The zero-order valence-electron chi connectivity index (χ0n) is 11.4. The van der Waals surface area contributed by atoms with Crippen LogP contribution in [-0.4, -0.2) is 23.6 Å². The largest absolute Gasteiger partial charge is 0.495 e. The van der Waals surface area contributed by atoms with Crippen LogP contribution in [0.4, 0.5) is 5.69 Å². The molecule has 2 atom stereocenters. The second-order valence-corrected chi connectivity index (χ2v) is 6.20. The lowest BCUT2D eigenvalue weighted by atomic mass is 10.2. The first-order valence-electron chi connectivity index (χ1n) is 6.24. The molecule has 1 aliphatic heterocycles. The van der Waals surface area contributed by atoms with Crippen molar-refractivity contribution in [3.63, 3.8) is 0 Å². The highest BCUT2D eigenvalue weighted by atomic mass is 32.2. The van der Waals surface area contributed by atoms with E-state index in [1.165, 1.54) is 5.56 Å². The molecular weight excluding hydrogens is 244 g/mol. The maximum atomic E-state index is 5.37. The maximum absolute atomic E-state index is 5.37. The van der Waals surface area contributed by atoms with Gasteiger partial charge in [-0.3, -0.25) is 4.99 Å². The molecular formula is C14H20N2OS. The monoisotopic (exact) mass is 264 g/mol. The molecule has 0 saturated heterocycles. The minimum Gasteiger partial charge on any atom is -0.495 e. The number of hydrogen-bond acceptors (Lipinski definition) is 4. The molecule has 0 saturated carbocycles. The van der Waals surface area contributed by atoms with Crippen LogP contribution in [0, 0.1) is 6.92 Å². The van der Waals surface area contributed by atoms with E-state index in [0.717, 1.165) is 23.0 Å². The van der Waals surface area contributed by atoms with Crippen molar-refractivity contribution in [1.29, 1.82) is 0 Å². The SMILES string of the molecule is COc1ccc(C)cc1NC1=NC(C)CC(C)S1. The molecule has 0 amide bonds. The molecule has 3 nitrogen and oxygen atoms in total. The molecule has 0 aliphatic carbocycles. The van der Waals surface area contributed by atoms with E-state index in [1.54, 1.807) is 18.9 Å². The number of thioether (sulfide) groups is 1. The van der Waals surface area contributed by atoms with Gasteiger partial charge in [0.25, 0.3) is 0 Å². The highest BCUT2D eigenvalue weighted by molar-refractivity contribution is 8.14. The van der Waals surface area contributed by atoms with E-state index in [-0.39, 0.29) is 0 Å². The minimum atomic E-state index is 0.388. The zero-order valence-corrected chi connectivity index (χ0v) is 12.2. The first-order valence-corrected chi connectivity index (χ1v) is 7.12. The van der Waals surface area contributed by atoms with Crippen molar-refractivity contribution in [2.24, 2.45) is 4.99 Å². The first kappa shape index (κ1) is 13.3. The Morgan fingerprint density at radius 3 is 2.83 bits per heavy atom. The summed E-state index contributed by atoms with van der Waals surface area (Å²) < 4.78 is 5.37. The van der Waals surface area contributed by atoms with Crippen LogP contribution in [0.15, 0.2) is 23.2 Å². The molecule has 2 unspecified atom stereocenters. The number of ether oxygens (including phenoxy) is 1. The number of aliphatic imine (C=N–C) groups is 1. The summed E-state index contributed by atoms with van der Waals surface area (Å²) in [5.41, 5.74) is 2.20. The molecule has 4 heteroatoms. The third-order valence-electron chi connectivity index (χ3n) is 2.92. The van der Waals surface area contributed by atoms with Crippen molar-refractivity contribution >= 4 is 22.6 Å². The van der Waals surface area contributed by atoms with E-state index in [4.69, 9.17) is 4.74 Å². The van der Waals surface area contributed by atoms with Gasteiger partial charge in [-0.25, -0.2) is 0 Å². The lowest BCUT2D eigenvalue weighted by molar-refractivity contribution is 0.417. The standard InChI is InChI=1S/C14H20N2OS/c1-9-5-6-13(17-4)12(7-9)16-14-15-10(2)8-11(3)18-14/h5-7,10-11H,8H2,1-4H3,(H,15,16). The average Bonchev–Trinajstić information content (AvgIpc) is 2.27. The molecule has 1 N–H and O–H groups in total. The Balaban J connectivity index is 2.20. The Hall–Kier alpha value is -1.16. The summed E-state index contributed by atoms with van der Waals surface area (Å²) in [4.78, 5) is 4.65. The summed E-state index contributed by atoms with van der Waals surface area (Å²) in [6.07, 6.45) is 1.14. The van der Waals surface area contributed by atoms with Crippen LogP contribution in [0.1, 0.15) is 25.8 Å². The third kappa shape index (κ3) is 3.19. The summed E-state index contributed by atoms with van der Waals surface area (Å²) in [5, 5.41) is 4.99. The van der Waals surface area contributed by atoms with Crippen LogP contribution >= 0.6 is 11.8 Å². The van der Waals surface area contributed by atoms with Gasteiger partial charge < -0.3 is 10.1 Å². The van der Waals surface area contributed by atoms with Gasteiger partial charge in [0.2, 0.25) is 0 Å². The number of aryl methyl sites for hydroxylation is 1. The van der Waals surface area contributed by atoms with Gasteiger partial charge in [0, 0.05) is 5.25 Å². The second-order valence-electron chi connectivity index (χ2n) is 4.78. The minimum absolute atomic E-state index is 0.388. The average molecular weight is 264 g/mol. The molecule has 0 fully saturated rings. The van der Waals surface area contributed by atoms with E-state index in [9.17, 15) is 0 Å². The molecule has 0 spiro atoms. The fourth-order valence-corrected chi connectivity index (χ4v) is 3.26. The number of nitrogens with one attached hydrogen (secondary N) is 1. The summed E-state index contributed by atoms with van der Waals surface area (Å²) in [5.74, 6) is 0.856. The van der Waals surface area contributed by atoms with Crippen molar-refractivity contribution in [3.8, 4) is 5.75 Å². The quantitative estimate of drug-likeness (QED) is 0.884. The fourth-order valence-electron chi connectivity index (χ4n) is 2.10. The van der Waals surface area contributed by atoms with Crippen molar-refractivity contribution in [2.45, 2.75) is 38.5 Å². The van der Waals surface area contributed by atoms with Crippen molar-refractivity contribution in [2.75, 3.05) is 12.4 Å². The fraction of sp³-hybridized carbons (Fsp3) is 0.500. The van der Waals surface area contributed by atoms with Gasteiger partial charge in [0.05, 0.1) is 18.8 Å². The molecule has 1 aromatic carbocycles. The van der Waals surface area contributed by atoms with E-state index < -0.39 is 0 Å². The van der Waals surface area contributed by atoms with E-state index in [2.05, 4.69) is 37.1 Å². The van der Waals surface area contributed by atoms with Crippen LogP contribution in [0.3, 0.4) is 0 Å². The second kappa shape index (κ2) is 5.65. The Kier molecular flexibility index (Phi) is 4.17. The molecule has 2 rings (SSSR count). The molecule has 1 aliphatic rings. The zero-order chi connectivity index (χ0) is 13.1. The van der Waals surface area contributed by atoms with Crippen LogP contribution in [0.25, 0.3) is 0 Å². The van der Waals surface area contributed by atoms with Gasteiger partial charge in [0.15, 0.2) is 5.17 Å². The summed E-state index contributed by atoms with van der Waals surface area (Å²) in [7, 11) is 1.69. The van der Waals surface area contributed by atoms with Gasteiger partial charge in [-0.2, -0.15) is 0 Å². The lowest BCUT2D eigenvalue weighted by Gasteiger charge is -2.23. The summed E-state index contributed by atoms with van der Waals surface area (Å²) in [6, 6.07) is 6.51. The number of methoxy groups -OCH3 is 1. The number of hydrogen-bond donors (Lipinski definition) is 1. The van der Waals surface area contributed by atoms with Gasteiger partial charge in [0.1, 0.15) is 5.75 Å². The molecule has 1 aromatic rings. The van der Waals surface area contributed by atoms with Gasteiger partial charge in [-0.05, 0) is 38.0 Å². The molecule has 0 bridgehead atoms. The molecule has 0 radical (unpaired) electrons. The normalized spacial score (nSPS) is 23.4. The third-order valence-corrected chi connectivity index (χ3v) is 3.95. The Bertz CT molecular complexity index is 459. The van der Waals surface area contributed by atoms with Crippen molar-refractivity contribution in [3.05, 3.63) is 23.8 Å². The molecule has 98 valence electrons. The maximum Gasteiger partial charge on any atom is 0.161 e. The Labute approximate surface area is 113 Å². The van der Waals surface area contributed by atoms with Gasteiger partial charge in [-0.1, -0.05) is 24.8 Å². The highest BCUT2D eigenvalue weighted by Gasteiger charge is 2.19. The van der Waals surface area contributed by atoms with E-state index in [0.29, 0.717) is 11.3 Å². The number of amidine groups is 1. The summed E-state index contributed by atoms with van der Waals surface area (Å²) in [6.45, 7) is 6.47. The molecule has 0 aromatic heterocycles. The highest BCUT2D eigenvalue weighted by Crippen LogP contribution is 2.30. The van der Waals surface area contributed by atoms with Crippen LogP contribution in [0.2, 0.25) is 0 Å². The lowest BCUT2D eigenvalue weighted by Crippen LogP contribution is -2.22. The summed E-state index contributed by atoms with van der Waals surface area (Å²) >= 11 is 1.79. The Morgan fingerprint density at radius 2 is 2.17 bits per heavy atom. The van der Waals surface area contributed by atoms with Crippen LogP contribution < -0.4 is 10.1 Å². The van der Waals surface area contributed by atoms with Crippen molar-refractivity contribution < 1.29 is 4.74 Å². The van der Waals surface area contributed by atoms with E-state index in [1.807, 2.05) is 12.1 Å². The number of rotatable bonds is 2. The number of nitrogens with zero attached hydrogens (tertiary/aromatic N) is 1. The van der Waals surface area contributed by atoms with Crippen LogP contribution in [0.5, 0.6) is 5.75 Å². The van der Waals surface area contributed by atoms with E-state index >= 15 is 0 Å². The van der Waals surface area contributed by atoms with Gasteiger partial charge >= 0.3 is 0 Å². The van der Waals surface area contributed by atoms with Crippen LogP contribution in [-0.2, 0) is 0 Å². The topological polar surface area (TPSA) is 33.6 Å². The smallest absolute Gasteiger partial charge is 0.161 e. The van der Waals surface area contributed by atoms with Gasteiger partial charge in [-0.15, -0.1) is 0 Å².